The van der Waals surface area contributed by atoms with E-state index in [4.69, 9.17) is 0 Å². The van der Waals surface area contributed by atoms with E-state index in [0.717, 1.165) is 0 Å². The fraction of sp³-hybridized carbons (Fsp3) is 0.222. The number of allylic oxidation sites excluding steroid dienone is 5. The number of rotatable bonds is 2. The topological polar surface area (TPSA) is 0 Å². The minimum absolute atomic E-state index is 1.30. The molecule has 0 radical (unpaired) electrons. The summed E-state index contributed by atoms with van der Waals surface area (Å²) in [7, 11) is 0. The highest BCUT2D eigenvalue weighted by molar-refractivity contribution is 5.13. The van der Waals surface area contributed by atoms with E-state index in [9.17, 15) is 0 Å². The van der Waals surface area contributed by atoms with E-state index < -0.39 is 0 Å². The Balaban J connectivity index is 3.73. The van der Waals surface area contributed by atoms with Crippen molar-refractivity contribution in [2.24, 2.45) is 0 Å². The lowest BCUT2D eigenvalue weighted by molar-refractivity contribution is 1.39. The molecule has 0 aromatic rings. The van der Waals surface area contributed by atoms with Crippen LogP contribution in [0.25, 0.3) is 0 Å². The van der Waals surface area contributed by atoms with Crippen molar-refractivity contribution in [3.63, 3.8) is 0 Å². The van der Waals surface area contributed by atoms with Gasteiger partial charge in [0.05, 0.1) is 0 Å². The number of hydrogen-bond donors (Lipinski definition) is 0. The molecular weight excluding hydrogens is 108 g/mol. The van der Waals surface area contributed by atoms with Gasteiger partial charge in [-0.2, -0.15) is 0 Å². The van der Waals surface area contributed by atoms with Crippen molar-refractivity contribution in [3.05, 3.63) is 42.2 Å². The predicted molar refractivity (Wildman–Crippen MR) is 42.3 cm³/mol. The molecule has 0 atom stereocenters. The molecule has 0 aromatic carbocycles. The fourth-order valence-corrected chi connectivity index (χ4v) is 0.372. The molecule has 0 unspecified atom stereocenters. The summed E-state index contributed by atoms with van der Waals surface area (Å²) in [4.78, 5) is 0. The van der Waals surface area contributed by atoms with Gasteiger partial charge in [-0.05, 0) is 19.9 Å². The zero-order valence-corrected chi connectivity index (χ0v) is 6.02. The summed E-state index contributed by atoms with van der Waals surface area (Å²) in [5.74, 6) is 0. The zero-order chi connectivity index (χ0) is 7.11. The number of hydrogen-bond acceptors (Lipinski definition) is 0. The van der Waals surface area contributed by atoms with Gasteiger partial charge in [0.15, 0.2) is 0 Å². The van der Waals surface area contributed by atoms with E-state index in [-0.39, 0.29) is 0 Å². The molecule has 0 nitrogen and oxygen atoms in total. The van der Waals surface area contributed by atoms with Crippen molar-refractivity contribution < 1.29 is 0 Å². The van der Waals surface area contributed by atoms with Gasteiger partial charge in [0.1, 0.15) is 0 Å². The quantitative estimate of drug-likeness (QED) is 0.388. The highest BCUT2D eigenvalue weighted by Gasteiger charge is 1.66. The molecule has 48 valence electrons. The third-order valence-electron chi connectivity index (χ3n) is 0.755. The SMILES string of the molecule is C=C=CC=CC=C(C)C. The third-order valence-corrected chi connectivity index (χ3v) is 0.755. The molecule has 0 aromatic heterocycles. The van der Waals surface area contributed by atoms with Gasteiger partial charge in [-0.1, -0.05) is 30.4 Å². The van der Waals surface area contributed by atoms with E-state index >= 15 is 0 Å². The maximum atomic E-state index is 3.42. The van der Waals surface area contributed by atoms with Crippen LogP contribution in [0.4, 0.5) is 0 Å². The molecule has 0 bridgehead atoms. The third kappa shape index (κ3) is 7.00. The van der Waals surface area contributed by atoms with Crippen molar-refractivity contribution in [1.29, 1.82) is 0 Å². The van der Waals surface area contributed by atoms with Crippen LogP contribution in [-0.4, -0.2) is 0 Å². The molecular formula is C9H12. The smallest absolute Gasteiger partial charge is 0.0206 e. The van der Waals surface area contributed by atoms with Crippen molar-refractivity contribution in [2.75, 3.05) is 0 Å². The van der Waals surface area contributed by atoms with E-state index in [1.807, 2.05) is 18.2 Å². The minimum atomic E-state index is 1.30. The molecule has 0 N–H and O–H groups in total. The van der Waals surface area contributed by atoms with Crippen LogP contribution >= 0.6 is 0 Å². The maximum Gasteiger partial charge on any atom is -0.0206 e. The first-order valence-electron chi connectivity index (χ1n) is 2.93. The summed E-state index contributed by atoms with van der Waals surface area (Å²) in [5.41, 5.74) is 3.95. The summed E-state index contributed by atoms with van der Waals surface area (Å²) >= 11 is 0. The van der Waals surface area contributed by atoms with Gasteiger partial charge in [0, 0.05) is 0 Å². The lowest BCUT2D eigenvalue weighted by atomic mass is 10.3. The van der Waals surface area contributed by atoms with E-state index in [2.05, 4.69) is 26.2 Å². The minimum Gasteiger partial charge on any atom is -0.129 e. The highest BCUT2D eigenvalue weighted by Crippen LogP contribution is 1.88. The van der Waals surface area contributed by atoms with Gasteiger partial charge in [-0.25, -0.2) is 0 Å². The zero-order valence-electron chi connectivity index (χ0n) is 6.02. The van der Waals surface area contributed by atoms with Gasteiger partial charge in [-0.3, -0.25) is 0 Å². The largest absolute Gasteiger partial charge is 0.129 e. The lowest BCUT2D eigenvalue weighted by Gasteiger charge is -1.78. The van der Waals surface area contributed by atoms with Gasteiger partial charge in [-0.15, -0.1) is 5.73 Å². The first-order chi connectivity index (χ1) is 4.27. The molecule has 9 heavy (non-hydrogen) atoms. The Morgan fingerprint density at radius 1 is 1.33 bits per heavy atom. The van der Waals surface area contributed by atoms with Crippen LogP contribution < -0.4 is 0 Å². The second-order valence-electron chi connectivity index (χ2n) is 2.00. The molecule has 0 heterocycles. The van der Waals surface area contributed by atoms with Crippen LogP contribution in [0.5, 0.6) is 0 Å². The predicted octanol–water partition coefficient (Wildman–Crippen LogP) is 2.85. The summed E-state index contributed by atoms with van der Waals surface area (Å²) in [6, 6.07) is 0. The summed E-state index contributed by atoms with van der Waals surface area (Å²) in [6.07, 6.45) is 7.68. The van der Waals surface area contributed by atoms with Crippen molar-refractivity contribution in [2.45, 2.75) is 13.8 Å². The molecule has 0 saturated heterocycles. The Morgan fingerprint density at radius 3 is 2.44 bits per heavy atom. The van der Waals surface area contributed by atoms with Crippen LogP contribution in [0, 0.1) is 0 Å². The van der Waals surface area contributed by atoms with E-state index in [1.165, 1.54) is 5.57 Å². The van der Waals surface area contributed by atoms with Crippen LogP contribution in [0.15, 0.2) is 42.2 Å². The molecule has 0 aliphatic carbocycles. The molecule has 0 fully saturated rings. The molecule has 0 aliphatic rings. The maximum absolute atomic E-state index is 3.42. The molecule has 0 rings (SSSR count). The van der Waals surface area contributed by atoms with E-state index in [1.54, 1.807) is 6.08 Å². The summed E-state index contributed by atoms with van der Waals surface area (Å²) in [6.45, 7) is 7.54. The molecule has 0 saturated carbocycles. The first kappa shape index (κ1) is 8.00. The second-order valence-corrected chi connectivity index (χ2v) is 2.00. The van der Waals surface area contributed by atoms with Crippen LogP contribution in [0.3, 0.4) is 0 Å². The van der Waals surface area contributed by atoms with Crippen molar-refractivity contribution >= 4 is 0 Å². The normalized spacial score (nSPS) is 8.67. The Labute approximate surface area is 56.9 Å². The first-order valence-corrected chi connectivity index (χ1v) is 2.93. The second kappa shape index (κ2) is 5.14. The Morgan fingerprint density at radius 2 is 2.00 bits per heavy atom. The monoisotopic (exact) mass is 120 g/mol. The average Bonchev–Trinajstić information content (AvgIpc) is 1.80. The highest BCUT2D eigenvalue weighted by atomic mass is 13.7. The summed E-state index contributed by atoms with van der Waals surface area (Å²) < 4.78 is 0. The van der Waals surface area contributed by atoms with Gasteiger partial charge in [0.25, 0.3) is 0 Å². The Bertz CT molecular complexity index is 160. The molecule has 0 spiro atoms. The standard InChI is InChI=1S/C9H12/c1-4-5-6-7-8-9(2)3/h5-8H,1H2,2-3H3. The molecule has 0 amide bonds. The Hall–Kier alpha value is -1.00. The van der Waals surface area contributed by atoms with Crippen molar-refractivity contribution in [1.82, 2.24) is 0 Å². The molecule has 0 aliphatic heterocycles. The van der Waals surface area contributed by atoms with Gasteiger partial charge in [0.2, 0.25) is 0 Å². The van der Waals surface area contributed by atoms with Crippen LogP contribution in [-0.2, 0) is 0 Å². The van der Waals surface area contributed by atoms with Crippen LogP contribution in [0.1, 0.15) is 13.8 Å². The van der Waals surface area contributed by atoms with Gasteiger partial charge < -0.3 is 0 Å². The fourth-order valence-electron chi connectivity index (χ4n) is 0.372. The average molecular weight is 120 g/mol. The van der Waals surface area contributed by atoms with Gasteiger partial charge >= 0.3 is 0 Å². The van der Waals surface area contributed by atoms with E-state index in [0.29, 0.717) is 0 Å². The molecule has 0 heteroatoms. The summed E-state index contributed by atoms with van der Waals surface area (Å²) in [5, 5.41) is 0. The Kier molecular flexibility index (Phi) is 4.57. The lowest BCUT2D eigenvalue weighted by Crippen LogP contribution is -1.57. The van der Waals surface area contributed by atoms with Crippen molar-refractivity contribution in [3.8, 4) is 0 Å². The van der Waals surface area contributed by atoms with Crippen LogP contribution in [0.2, 0.25) is 0 Å².